The van der Waals surface area contributed by atoms with Gasteiger partial charge in [-0.05, 0) is 62.7 Å². The minimum atomic E-state index is -4.68. The lowest BCUT2D eigenvalue weighted by Crippen LogP contribution is -2.43. The summed E-state index contributed by atoms with van der Waals surface area (Å²) in [7, 11) is 0. The van der Waals surface area contributed by atoms with E-state index in [-0.39, 0.29) is 5.69 Å². The summed E-state index contributed by atoms with van der Waals surface area (Å²) in [4.78, 5) is 26.3. The molecule has 0 aliphatic carbocycles. The number of hydrogen-bond acceptors (Lipinski definition) is 6. The average Bonchev–Trinajstić information content (AvgIpc) is 3.45. The topological polar surface area (TPSA) is 115 Å². The Labute approximate surface area is 218 Å². The molecule has 1 aromatic carbocycles. The van der Waals surface area contributed by atoms with E-state index in [1.165, 1.54) is 10.6 Å². The van der Waals surface area contributed by atoms with Crippen molar-refractivity contribution < 1.29 is 22.4 Å². The number of pyridine rings is 1. The minimum Gasteiger partial charge on any atom is -0.382 e. The number of anilines is 2. The third kappa shape index (κ3) is 4.34. The van der Waals surface area contributed by atoms with Crippen LogP contribution in [0.1, 0.15) is 27.6 Å². The van der Waals surface area contributed by atoms with Crippen LogP contribution in [0.4, 0.5) is 29.1 Å². The fraction of sp³-hybridized carbons (Fsp3) is 0.231. The van der Waals surface area contributed by atoms with Gasteiger partial charge in [0.05, 0.1) is 17.4 Å². The van der Waals surface area contributed by atoms with Crippen molar-refractivity contribution in [2.45, 2.75) is 19.5 Å². The zero-order valence-electron chi connectivity index (χ0n) is 20.6. The smallest absolute Gasteiger partial charge is 0.382 e. The molecule has 200 valence electrons. The van der Waals surface area contributed by atoms with E-state index in [4.69, 9.17) is 10.7 Å². The summed E-state index contributed by atoms with van der Waals surface area (Å²) in [5.74, 6) is -0.219. The monoisotopic (exact) mass is 538 g/mol. The Bertz CT molecular complexity index is 1750. The molecule has 5 heterocycles. The second kappa shape index (κ2) is 9.05. The van der Waals surface area contributed by atoms with Gasteiger partial charge in [0, 0.05) is 23.7 Å². The Morgan fingerprint density at radius 1 is 1.18 bits per heavy atom. The number of nitrogens with one attached hydrogen (secondary N) is 2. The quantitative estimate of drug-likeness (QED) is 0.290. The molecule has 39 heavy (non-hydrogen) atoms. The molecule has 1 amide bonds. The standard InChI is InChI=1S/C26H22F4N8O/c1-13-35-22(23-24(31)34-11-17(38(13)23)6-14-9-32-10-14)15-4-5-37-20(12-33-21(37)7-15)25(39)36-19-8-16(26(28,29)30)2-3-18(19)27/h2-5,7-8,11-12,14,32H,6,9-10H2,1H3,(H2,31,34)(H,36,39). The first-order chi connectivity index (χ1) is 18.6. The number of nitrogen functional groups attached to an aromatic ring is 1. The highest BCUT2D eigenvalue weighted by Gasteiger charge is 2.31. The molecule has 1 aliphatic heterocycles. The number of imidazole rings is 2. The van der Waals surface area contributed by atoms with Gasteiger partial charge < -0.3 is 16.4 Å². The predicted molar refractivity (Wildman–Crippen MR) is 136 cm³/mol. The highest BCUT2D eigenvalue weighted by Crippen LogP contribution is 2.33. The molecule has 0 saturated carbocycles. The number of carbonyl (C=O) groups is 1. The maximum atomic E-state index is 14.2. The Morgan fingerprint density at radius 3 is 2.69 bits per heavy atom. The lowest BCUT2D eigenvalue weighted by molar-refractivity contribution is -0.137. The van der Waals surface area contributed by atoms with Crippen molar-refractivity contribution in [3.63, 3.8) is 0 Å². The van der Waals surface area contributed by atoms with E-state index in [0.717, 1.165) is 31.0 Å². The maximum absolute atomic E-state index is 14.2. The number of alkyl halides is 3. The van der Waals surface area contributed by atoms with Gasteiger partial charge in [-0.3, -0.25) is 13.6 Å². The van der Waals surface area contributed by atoms with E-state index >= 15 is 0 Å². The highest BCUT2D eigenvalue weighted by atomic mass is 19.4. The van der Waals surface area contributed by atoms with Crippen LogP contribution < -0.4 is 16.4 Å². The summed E-state index contributed by atoms with van der Waals surface area (Å²) in [5, 5.41) is 5.48. The van der Waals surface area contributed by atoms with Gasteiger partial charge in [-0.25, -0.2) is 19.3 Å². The van der Waals surface area contributed by atoms with Gasteiger partial charge in [-0.1, -0.05) is 0 Å². The summed E-state index contributed by atoms with van der Waals surface area (Å²) in [6, 6.07) is 5.25. The van der Waals surface area contributed by atoms with Crippen molar-refractivity contribution >= 4 is 28.6 Å². The molecule has 0 unspecified atom stereocenters. The van der Waals surface area contributed by atoms with Crippen molar-refractivity contribution in [1.29, 1.82) is 0 Å². The first kappa shape index (κ1) is 24.8. The number of nitrogens with zero attached hydrogens (tertiary/aromatic N) is 5. The van der Waals surface area contributed by atoms with Gasteiger partial charge in [0.15, 0.2) is 0 Å². The fourth-order valence-electron chi connectivity index (χ4n) is 4.80. The molecule has 0 atom stereocenters. The Morgan fingerprint density at radius 2 is 1.97 bits per heavy atom. The molecule has 4 N–H and O–H groups in total. The van der Waals surface area contributed by atoms with Crippen LogP contribution in [0.3, 0.4) is 0 Å². The van der Waals surface area contributed by atoms with Gasteiger partial charge in [-0.2, -0.15) is 13.2 Å². The normalized spacial score (nSPS) is 14.2. The van der Waals surface area contributed by atoms with E-state index in [2.05, 4.69) is 20.6 Å². The van der Waals surface area contributed by atoms with Crippen LogP contribution in [0.15, 0.2) is 48.9 Å². The van der Waals surface area contributed by atoms with Gasteiger partial charge in [-0.15, -0.1) is 0 Å². The van der Waals surface area contributed by atoms with Crippen molar-refractivity contribution in [1.82, 2.24) is 29.1 Å². The number of amides is 1. The molecule has 1 fully saturated rings. The second-order valence-corrected chi connectivity index (χ2v) is 9.49. The summed E-state index contributed by atoms with van der Waals surface area (Å²) >= 11 is 0. The van der Waals surface area contributed by atoms with Gasteiger partial charge in [0.2, 0.25) is 0 Å². The zero-order chi connectivity index (χ0) is 27.5. The molecule has 0 radical (unpaired) electrons. The van der Waals surface area contributed by atoms with Crippen LogP contribution in [0.2, 0.25) is 0 Å². The van der Waals surface area contributed by atoms with E-state index < -0.39 is 29.2 Å². The third-order valence-corrected chi connectivity index (χ3v) is 6.85. The number of aryl methyl sites for hydroxylation is 1. The van der Waals surface area contributed by atoms with Gasteiger partial charge >= 0.3 is 6.18 Å². The Kier molecular flexibility index (Phi) is 5.75. The van der Waals surface area contributed by atoms with Crippen LogP contribution in [0.25, 0.3) is 22.4 Å². The molecule has 0 spiro atoms. The molecule has 9 nitrogen and oxygen atoms in total. The predicted octanol–water partition coefficient (Wildman–Crippen LogP) is 4.11. The van der Waals surface area contributed by atoms with Crippen LogP contribution in [-0.2, 0) is 12.6 Å². The summed E-state index contributed by atoms with van der Waals surface area (Å²) < 4.78 is 56.8. The molecule has 1 aliphatic rings. The van der Waals surface area contributed by atoms with Crippen molar-refractivity contribution in [2.24, 2.45) is 5.92 Å². The van der Waals surface area contributed by atoms with Gasteiger partial charge in [0.25, 0.3) is 5.91 Å². The number of nitrogens with two attached hydrogens (primary N) is 1. The lowest BCUT2D eigenvalue weighted by Gasteiger charge is -2.27. The summed E-state index contributed by atoms with van der Waals surface area (Å²) in [6.07, 6.45) is 0.767. The van der Waals surface area contributed by atoms with E-state index in [1.807, 2.05) is 11.3 Å². The SMILES string of the molecule is Cc1nc(-c2ccn3c(C(=O)Nc4cc(C(F)(F)F)ccc4F)cnc3c2)c2c(N)ncc(CC3CNC3)n12. The number of benzene rings is 1. The second-order valence-electron chi connectivity index (χ2n) is 9.49. The average molecular weight is 539 g/mol. The van der Waals surface area contributed by atoms with Crippen molar-refractivity contribution in [3.05, 3.63) is 77.5 Å². The number of aromatic nitrogens is 5. The maximum Gasteiger partial charge on any atom is 0.416 e. The van der Waals surface area contributed by atoms with Crippen LogP contribution >= 0.6 is 0 Å². The van der Waals surface area contributed by atoms with Crippen LogP contribution in [0, 0.1) is 18.7 Å². The fourth-order valence-corrected chi connectivity index (χ4v) is 4.80. The number of halogens is 4. The van der Waals surface area contributed by atoms with Crippen LogP contribution in [0.5, 0.6) is 0 Å². The number of fused-ring (bicyclic) bond motifs is 2. The molecular weight excluding hydrogens is 516 g/mol. The van der Waals surface area contributed by atoms with Gasteiger partial charge in [0.1, 0.15) is 40.0 Å². The van der Waals surface area contributed by atoms with E-state index in [0.29, 0.717) is 52.4 Å². The van der Waals surface area contributed by atoms with Crippen LogP contribution in [-0.4, -0.2) is 42.8 Å². The van der Waals surface area contributed by atoms with E-state index in [9.17, 15) is 22.4 Å². The number of hydrogen-bond donors (Lipinski definition) is 3. The molecule has 6 rings (SSSR count). The Balaban J connectivity index is 1.34. The largest absolute Gasteiger partial charge is 0.416 e. The summed E-state index contributed by atoms with van der Waals surface area (Å²) in [6.45, 7) is 3.78. The molecule has 1 saturated heterocycles. The Hall–Kier alpha value is -4.52. The molecule has 13 heteroatoms. The number of carbonyl (C=O) groups excluding carboxylic acids is 1. The molecule has 5 aromatic rings. The van der Waals surface area contributed by atoms with Crippen molar-refractivity contribution in [2.75, 3.05) is 24.1 Å². The minimum absolute atomic E-state index is 0.0109. The van der Waals surface area contributed by atoms with E-state index in [1.54, 1.807) is 24.5 Å². The highest BCUT2D eigenvalue weighted by molar-refractivity contribution is 6.03. The first-order valence-corrected chi connectivity index (χ1v) is 12.1. The molecular formula is C26H22F4N8O. The summed E-state index contributed by atoms with van der Waals surface area (Å²) in [5.41, 5.74) is 7.97. The number of rotatable bonds is 5. The van der Waals surface area contributed by atoms with Crippen molar-refractivity contribution in [3.8, 4) is 11.3 Å². The molecule has 4 aromatic heterocycles. The lowest BCUT2D eigenvalue weighted by atomic mass is 9.97. The molecule has 0 bridgehead atoms. The third-order valence-electron chi connectivity index (χ3n) is 6.85. The zero-order valence-corrected chi connectivity index (χ0v) is 20.6. The first-order valence-electron chi connectivity index (χ1n) is 12.1.